The van der Waals surface area contributed by atoms with Gasteiger partial charge in [0, 0.05) is 0 Å². The van der Waals surface area contributed by atoms with E-state index in [0.717, 1.165) is 25.7 Å². The van der Waals surface area contributed by atoms with Gasteiger partial charge >= 0.3 is 11.2 Å². The number of hydrogen-bond acceptors (Lipinski definition) is 6. The average molecular weight is 338 g/mol. The van der Waals surface area contributed by atoms with Crippen LogP contribution in [0.2, 0.25) is 0 Å². The minimum absolute atomic E-state index is 0.175. The molecule has 0 atom stereocenters. The SMILES string of the molecule is CCC1(OC(=O)C(F)(F)SOOO)C2CC3CC(C2)CC1C3. The molecule has 1 N–H and O–H groups in total. The molecule has 0 unspecified atom stereocenters. The van der Waals surface area contributed by atoms with Crippen molar-refractivity contribution in [1.29, 1.82) is 0 Å². The van der Waals surface area contributed by atoms with Crippen LogP contribution in [-0.4, -0.2) is 22.1 Å². The first kappa shape index (κ1) is 16.4. The highest BCUT2D eigenvalue weighted by Crippen LogP contribution is 2.61. The van der Waals surface area contributed by atoms with E-state index in [0.29, 0.717) is 18.3 Å². The number of halogens is 2. The zero-order valence-corrected chi connectivity index (χ0v) is 13.1. The third kappa shape index (κ3) is 2.64. The molecular formula is C14H20F2O5S. The van der Waals surface area contributed by atoms with Crippen molar-refractivity contribution >= 4 is 18.0 Å². The van der Waals surface area contributed by atoms with Crippen LogP contribution in [0.1, 0.15) is 45.4 Å². The van der Waals surface area contributed by atoms with Gasteiger partial charge in [-0.1, -0.05) is 12.0 Å². The second-order valence-electron chi connectivity index (χ2n) is 6.75. The second kappa shape index (κ2) is 5.89. The van der Waals surface area contributed by atoms with E-state index in [2.05, 4.69) is 9.37 Å². The number of esters is 1. The summed E-state index contributed by atoms with van der Waals surface area (Å²) >= 11 is -0.558. The Hall–Kier alpha value is -0.440. The fourth-order valence-electron chi connectivity index (χ4n) is 5.12. The van der Waals surface area contributed by atoms with E-state index in [9.17, 15) is 13.6 Å². The Bertz CT molecular complexity index is 417. The van der Waals surface area contributed by atoms with Crippen molar-refractivity contribution < 1.29 is 32.9 Å². The third-order valence-corrected chi connectivity index (χ3v) is 6.27. The minimum atomic E-state index is -3.92. The smallest absolute Gasteiger partial charge is 0.415 e. The van der Waals surface area contributed by atoms with E-state index in [-0.39, 0.29) is 11.8 Å². The van der Waals surface area contributed by atoms with Gasteiger partial charge in [0.1, 0.15) is 17.6 Å². The Morgan fingerprint density at radius 1 is 1.23 bits per heavy atom. The number of rotatable bonds is 6. The molecule has 0 aliphatic heterocycles. The fraction of sp³-hybridized carbons (Fsp3) is 0.929. The van der Waals surface area contributed by atoms with Gasteiger partial charge < -0.3 is 4.74 Å². The zero-order chi connectivity index (χ0) is 16.0. The monoisotopic (exact) mass is 338 g/mol. The van der Waals surface area contributed by atoms with E-state index >= 15 is 0 Å². The molecule has 126 valence electrons. The summed E-state index contributed by atoms with van der Waals surface area (Å²) in [5.41, 5.74) is -0.783. The number of hydrogen-bond donors (Lipinski definition) is 1. The normalized spacial score (nSPS) is 40.0. The summed E-state index contributed by atoms with van der Waals surface area (Å²) in [7, 11) is 0. The third-order valence-electron chi connectivity index (χ3n) is 5.76. The quantitative estimate of drug-likeness (QED) is 0.344. The summed E-state index contributed by atoms with van der Waals surface area (Å²) in [5.74, 6) is 0.0367. The Morgan fingerprint density at radius 3 is 2.23 bits per heavy atom. The maximum atomic E-state index is 13.7. The van der Waals surface area contributed by atoms with Gasteiger partial charge in [-0.3, -0.25) is 0 Å². The van der Waals surface area contributed by atoms with Crippen LogP contribution in [0.5, 0.6) is 0 Å². The molecule has 4 saturated carbocycles. The van der Waals surface area contributed by atoms with Crippen molar-refractivity contribution in [1.82, 2.24) is 0 Å². The highest BCUT2D eigenvalue weighted by molar-refractivity contribution is 7.96. The molecular weight excluding hydrogens is 318 g/mol. The summed E-state index contributed by atoms with van der Waals surface area (Å²) in [5, 5.41) is 7.19. The maximum Gasteiger partial charge on any atom is 0.415 e. The van der Waals surface area contributed by atoms with Crippen LogP contribution in [-0.2, 0) is 18.9 Å². The molecule has 22 heavy (non-hydrogen) atoms. The minimum Gasteiger partial charge on any atom is -0.453 e. The molecule has 0 amide bonds. The molecule has 5 nitrogen and oxygen atoms in total. The molecule has 0 aromatic heterocycles. The topological polar surface area (TPSA) is 65.0 Å². The highest BCUT2D eigenvalue weighted by atomic mass is 32.2. The first-order valence-corrected chi connectivity index (χ1v) is 8.42. The zero-order valence-electron chi connectivity index (χ0n) is 12.3. The van der Waals surface area contributed by atoms with E-state index in [1.54, 1.807) is 0 Å². The van der Waals surface area contributed by atoms with Gasteiger partial charge in [-0.15, -0.1) is 4.33 Å². The fourth-order valence-corrected chi connectivity index (χ4v) is 5.35. The predicted octanol–water partition coefficient (Wildman–Crippen LogP) is 3.80. The van der Waals surface area contributed by atoms with Crippen molar-refractivity contribution in [3.63, 3.8) is 0 Å². The van der Waals surface area contributed by atoms with Crippen LogP contribution in [0.3, 0.4) is 0 Å². The molecule has 0 saturated heterocycles. The molecule has 0 radical (unpaired) electrons. The maximum absolute atomic E-state index is 13.7. The van der Waals surface area contributed by atoms with Crippen LogP contribution < -0.4 is 0 Å². The highest BCUT2D eigenvalue weighted by Gasteiger charge is 2.60. The van der Waals surface area contributed by atoms with Crippen molar-refractivity contribution in [2.75, 3.05) is 0 Å². The first-order chi connectivity index (χ1) is 10.4. The average Bonchev–Trinajstić information content (AvgIpc) is 2.48. The van der Waals surface area contributed by atoms with Crippen LogP contribution in [0.15, 0.2) is 0 Å². The standard InChI is InChI=1S/C14H20F2O5S/c1-2-13(19-12(17)14(15,16)22-21-20-18)10-4-8-3-9(6-10)7-11(13)5-8/h8-11,18H,2-7H2,1H3. The second-order valence-corrected chi connectivity index (χ2v) is 7.56. The van der Waals surface area contributed by atoms with Crippen molar-refractivity contribution in [2.45, 2.75) is 56.3 Å². The first-order valence-electron chi connectivity index (χ1n) is 7.68. The number of carbonyl (C=O) groups is 1. The molecule has 4 fully saturated rings. The predicted molar refractivity (Wildman–Crippen MR) is 73.5 cm³/mol. The number of ether oxygens (including phenoxy) is 1. The number of carbonyl (C=O) groups excluding carboxylic acids is 1. The molecule has 0 spiro atoms. The summed E-state index contributed by atoms with van der Waals surface area (Å²) in [6, 6.07) is 0. The lowest BCUT2D eigenvalue weighted by atomic mass is 9.49. The summed E-state index contributed by atoms with van der Waals surface area (Å²) in [6.45, 7) is 1.90. The van der Waals surface area contributed by atoms with Crippen molar-refractivity contribution in [3.05, 3.63) is 0 Å². The Morgan fingerprint density at radius 2 is 1.77 bits per heavy atom. The van der Waals surface area contributed by atoms with Gasteiger partial charge in [-0.25, -0.2) is 10.1 Å². The van der Waals surface area contributed by atoms with Crippen molar-refractivity contribution in [2.24, 2.45) is 23.7 Å². The summed E-state index contributed by atoms with van der Waals surface area (Å²) in [4.78, 5) is 11.9. The van der Waals surface area contributed by atoms with E-state index in [4.69, 9.17) is 9.99 Å². The van der Waals surface area contributed by atoms with Gasteiger partial charge in [0.25, 0.3) is 0 Å². The Balaban J connectivity index is 1.75. The van der Waals surface area contributed by atoms with Gasteiger partial charge in [-0.05, 0) is 62.2 Å². The Labute approximate surface area is 131 Å². The van der Waals surface area contributed by atoms with Gasteiger partial charge in [0.2, 0.25) is 0 Å². The molecule has 4 aliphatic rings. The molecule has 4 rings (SSSR count). The van der Waals surface area contributed by atoms with Crippen LogP contribution in [0.4, 0.5) is 8.78 Å². The molecule has 0 heterocycles. The van der Waals surface area contributed by atoms with Gasteiger partial charge in [-0.2, -0.15) is 8.78 Å². The lowest BCUT2D eigenvalue weighted by Crippen LogP contribution is -2.60. The van der Waals surface area contributed by atoms with Crippen LogP contribution >= 0.6 is 12.0 Å². The van der Waals surface area contributed by atoms with Gasteiger partial charge in [0.05, 0.1) is 0 Å². The summed E-state index contributed by atoms with van der Waals surface area (Å²) < 4.78 is 36.5. The largest absolute Gasteiger partial charge is 0.453 e. The molecule has 0 aromatic rings. The van der Waals surface area contributed by atoms with Crippen LogP contribution in [0, 0.1) is 23.7 Å². The number of alkyl halides is 2. The van der Waals surface area contributed by atoms with E-state index in [1.807, 2.05) is 6.92 Å². The van der Waals surface area contributed by atoms with E-state index < -0.39 is 28.9 Å². The lowest BCUT2D eigenvalue weighted by Gasteiger charge is -2.60. The molecule has 4 bridgehead atoms. The van der Waals surface area contributed by atoms with E-state index in [1.165, 1.54) is 6.42 Å². The summed E-state index contributed by atoms with van der Waals surface area (Å²) in [6.07, 6.45) is 5.62. The lowest BCUT2D eigenvalue weighted by molar-refractivity contribution is -0.433. The Kier molecular flexibility index (Phi) is 4.39. The van der Waals surface area contributed by atoms with Crippen LogP contribution in [0.25, 0.3) is 0 Å². The van der Waals surface area contributed by atoms with Gasteiger partial charge in [0.15, 0.2) is 0 Å². The molecule has 0 aromatic carbocycles. The molecule has 4 aliphatic carbocycles. The van der Waals surface area contributed by atoms with Crippen molar-refractivity contribution in [3.8, 4) is 0 Å². The molecule has 8 heteroatoms.